The molecule has 1 aliphatic heterocycles. The number of unbranched alkanes of at least 4 members (excludes halogenated alkanes) is 2. The van der Waals surface area contributed by atoms with E-state index in [-0.39, 0.29) is 23.7 Å². The van der Waals surface area contributed by atoms with Crippen LogP contribution in [-0.2, 0) is 14.3 Å². The van der Waals surface area contributed by atoms with Crippen molar-refractivity contribution in [3.8, 4) is 12.3 Å². The van der Waals surface area contributed by atoms with Gasteiger partial charge in [-0.3, -0.25) is 9.59 Å². The molecule has 5 heteroatoms. The summed E-state index contributed by atoms with van der Waals surface area (Å²) in [6, 6.07) is 0. The standard InChI is InChI=1S/C18H26N2O3/c1-2-3-4-7-10-19-17(21)15-8-5-6-9-16(15)18(22)20-11-13-23-14-12-20/h1,5-6,15-16H,3-4,7-14H2,(H,19,21)/t15-,16+/m1/s1. The van der Waals surface area contributed by atoms with Gasteiger partial charge in [-0.05, 0) is 25.7 Å². The van der Waals surface area contributed by atoms with Crippen molar-refractivity contribution >= 4 is 11.8 Å². The molecule has 2 atom stereocenters. The van der Waals surface area contributed by atoms with E-state index < -0.39 is 0 Å². The van der Waals surface area contributed by atoms with Crippen LogP contribution < -0.4 is 5.32 Å². The molecular formula is C18H26N2O3. The van der Waals surface area contributed by atoms with Gasteiger partial charge in [0.15, 0.2) is 0 Å². The van der Waals surface area contributed by atoms with Gasteiger partial charge in [0.2, 0.25) is 11.8 Å². The number of ether oxygens (including phenoxy) is 1. The number of morpholine rings is 1. The Hall–Kier alpha value is -1.80. The van der Waals surface area contributed by atoms with Crippen LogP contribution >= 0.6 is 0 Å². The van der Waals surface area contributed by atoms with Gasteiger partial charge < -0.3 is 15.0 Å². The zero-order chi connectivity index (χ0) is 16.5. The van der Waals surface area contributed by atoms with Crippen LogP contribution in [-0.4, -0.2) is 49.6 Å². The van der Waals surface area contributed by atoms with Crippen LogP contribution in [0.2, 0.25) is 0 Å². The first kappa shape index (κ1) is 17.6. The van der Waals surface area contributed by atoms with Crippen molar-refractivity contribution in [3.63, 3.8) is 0 Å². The normalized spacial score (nSPS) is 24.0. The smallest absolute Gasteiger partial charge is 0.226 e. The summed E-state index contributed by atoms with van der Waals surface area (Å²) in [5.41, 5.74) is 0. The maximum atomic E-state index is 12.7. The number of rotatable bonds is 6. The molecule has 0 aromatic carbocycles. The molecule has 0 saturated carbocycles. The summed E-state index contributed by atoms with van der Waals surface area (Å²) in [7, 11) is 0. The van der Waals surface area contributed by atoms with Gasteiger partial charge in [0.25, 0.3) is 0 Å². The van der Waals surface area contributed by atoms with Crippen molar-refractivity contribution in [2.75, 3.05) is 32.8 Å². The molecule has 1 fully saturated rings. The molecule has 0 aromatic heterocycles. The number of carbonyl (C=O) groups is 2. The number of terminal acetylenes is 1. The number of hydrogen-bond donors (Lipinski definition) is 1. The predicted octanol–water partition coefficient (Wildman–Crippen LogP) is 1.35. The minimum Gasteiger partial charge on any atom is -0.378 e. The maximum absolute atomic E-state index is 12.7. The zero-order valence-corrected chi connectivity index (χ0v) is 13.6. The second kappa shape index (κ2) is 9.36. The van der Waals surface area contributed by atoms with E-state index in [4.69, 9.17) is 11.2 Å². The first-order valence-electron chi connectivity index (χ1n) is 8.46. The summed E-state index contributed by atoms with van der Waals surface area (Å²) in [6.45, 7) is 3.04. The Bertz CT molecular complexity index is 475. The number of nitrogens with one attached hydrogen (secondary N) is 1. The van der Waals surface area contributed by atoms with Gasteiger partial charge >= 0.3 is 0 Å². The molecule has 1 aliphatic carbocycles. The van der Waals surface area contributed by atoms with Gasteiger partial charge in [-0.25, -0.2) is 0 Å². The average Bonchev–Trinajstić information content (AvgIpc) is 2.61. The lowest BCUT2D eigenvalue weighted by atomic mass is 9.81. The molecule has 1 saturated heterocycles. The van der Waals surface area contributed by atoms with E-state index in [0.717, 1.165) is 19.3 Å². The summed E-state index contributed by atoms with van der Waals surface area (Å²) in [5.74, 6) is 2.16. The molecular weight excluding hydrogens is 292 g/mol. The Kier molecular flexibility index (Phi) is 7.15. The lowest BCUT2D eigenvalue weighted by Crippen LogP contribution is -2.48. The van der Waals surface area contributed by atoms with Crippen LogP contribution in [0.4, 0.5) is 0 Å². The van der Waals surface area contributed by atoms with Crippen molar-refractivity contribution in [1.82, 2.24) is 10.2 Å². The van der Waals surface area contributed by atoms with Gasteiger partial charge in [-0.2, -0.15) is 0 Å². The molecule has 2 amide bonds. The Morgan fingerprint density at radius 1 is 1.17 bits per heavy atom. The molecule has 0 bridgehead atoms. The summed E-state index contributed by atoms with van der Waals surface area (Å²) >= 11 is 0. The quantitative estimate of drug-likeness (QED) is 0.457. The molecule has 126 valence electrons. The molecule has 0 aromatic rings. The SMILES string of the molecule is C#CCCCCNC(=O)[C@@H]1CC=CC[C@@H]1C(=O)N1CCOCC1. The van der Waals surface area contributed by atoms with Crippen molar-refractivity contribution in [2.24, 2.45) is 11.8 Å². The largest absolute Gasteiger partial charge is 0.378 e. The summed E-state index contributed by atoms with van der Waals surface area (Å²) in [5, 5.41) is 2.96. The van der Waals surface area contributed by atoms with Crippen molar-refractivity contribution in [2.45, 2.75) is 32.1 Å². The maximum Gasteiger partial charge on any atom is 0.226 e. The number of hydrogen-bond acceptors (Lipinski definition) is 3. The average molecular weight is 318 g/mol. The molecule has 2 aliphatic rings. The molecule has 0 unspecified atom stereocenters. The van der Waals surface area contributed by atoms with Crippen LogP contribution in [0.5, 0.6) is 0 Å². The Morgan fingerprint density at radius 2 is 1.87 bits per heavy atom. The monoisotopic (exact) mass is 318 g/mol. The second-order valence-corrected chi connectivity index (χ2v) is 6.05. The molecule has 5 nitrogen and oxygen atoms in total. The van der Waals surface area contributed by atoms with Crippen molar-refractivity contribution < 1.29 is 14.3 Å². The molecule has 1 heterocycles. The van der Waals surface area contributed by atoms with E-state index >= 15 is 0 Å². The summed E-state index contributed by atoms with van der Waals surface area (Å²) in [4.78, 5) is 27.0. The van der Waals surface area contributed by atoms with Crippen LogP contribution in [0.1, 0.15) is 32.1 Å². The van der Waals surface area contributed by atoms with Gasteiger partial charge in [-0.1, -0.05) is 12.2 Å². The highest BCUT2D eigenvalue weighted by molar-refractivity contribution is 5.88. The lowest BCUT2D eigenvalue weighted by molar-refractivity contribution is -0.145. The number of allylic oxidation sites excluding steroid dienone is 2. The first-order chi connectivity index (χ1) is 11.2. The second-order valence-electron chi connectivity index (χ2n) is 6.05. The van der Waals surface area contributed by atoms with Gasteiger partial charge in [0, 0.05) is 26.1 Å². The summed E-state index contributed by atoms with van der Waals surface area (Å²) < 4.78 is 5.30. The highest BCUT2D eigenvalue weighted by Gasteiger charge is 2.36. The van der Waals surface area contributed by atoms with Crippen LogP contribution in [0.25, 0.3) is 0 Å². The van der Waals surface area contributed by atoms with Crippen LogP contribution in [0, 0.1) is 24.2 Å². The van der Waals surface area contributed by atoms with Crippen LogP contribution in [0.3, 0.4) is 0 Å². The third-order valence-corrected chi connectivity index (χ3v) is 4.46. The Balaban J connectivity index is 1.87. The fraction of sp³-hybridized carbons (Fsp3) is 0.667. The van der Waals surface area contributed by atoms with Gasteiger partial charge in [0.05, 0.1) is 25.0 Å². The van der Waals surface area contributed by atoms with E-state index in [9.17, 15) is 9.59 Å². The lowest BCUT2D eigenvalue weighted by Gasteiger charge is -2.34. The molecule has 2 rings (SSSR count). The van der Waals surface area contributed by atoms with Crippen molar-refractivity contribution in [3.05, 3.63) is 12.2 Å². The first-order valence-corrected chi connectivity index (χ1v) is 8.46. The van der Waals surface area contributed by atoms with E-state index in [2.05, 4.69) is 11.2 Å². The van der Waals surface area contributed by atoms with Crippen molar-refractivity contribution in [1.29, 1.82) is 0 Å². The topological polar surface area (TPSA) is 58.6 Å². The Labute approximate surface area is 138 Å². The summed E-state index contributed by atoms with van der Waals surface area (Å²) in [6.07, 6.45) is 13.0. The molecule has 0 radical (unpaired) electrons. The highest BCUT2D eigenvalue weighted by atomic mass is 16.5. The fourth-order valence-corrected chi connectivity index (χ4v) is 3.09. The fourth-order valence-electron chi connectivity index (χ4n) is 3.09. The Morgan fingerprint density at radius 3 is 2.57 bits per heavy atom. The van der Waals surface area contributed by atoms with E-state index in [1.807, 2.05) is 17.1 Å². The number of nitrogens with zero attached hydrogens (tertiary/aromatic N) is 1. The molecule has 23 heavy (non-hydrogen) atoms. The molecule has 1 N–H and O–H groups in total. The van der Waals surface area contributed by atoms with Gasteiger partial charge in [0.1, 0.15) is 0 Å². The van der Waals surface area contributed by atoms with E-state index in [1.54, 1.807) is 0 Å². The van der Waals surface area contributed by atoms with Gasteiger partial charge in [-0.15, -0.1) is 12.3 Å². The highest BCUT2D eigenvalue weighted by Crippen LogP contribution is 2.28. The minimum atomic E-state index is -0.261. The van der Waals surface area contributed by atoms with E-state index in [1.165, 1.54) is 0 Å². The van der Waals surface area contributed by atoms with Crippen LogP contribution in [0.15, 0.2) is 12.2 Å². The minimum absolute atomic E-state index is 0.0123. The number of carbonyl (C=O) groups excluding carboxylic acids is 2. The molecule has 0 spiro atoms. The predicted molar refractivity (Wildman–Crippen MR) is 88.4 cm³/mol. The third kappa shape index (κ3) is 5.11. The van der Waals surface area contributed by atoms with E-state index in [0.29, 0.717) is 45.7 Å². The zero-order valence-electron chi connectivity index (χ0n) is 13.6. The number of amides is 2. The third-order valence-electron chi connectivity index (χ3n) is 4.46.